The Hall–Kier alpha value is -0.340. The molecular formula is C8H13N4O2P3. The van der Waals surface area contributed by atoms with E-state index in [-0.39, 0.29) is 5.91 Å². The van der Waals surface area contributed by atoms with Crippen LogP contribution in [0.25, 0.3) is 0 Å². The first kappa shape index (κ1) is 13.1. The van der Waals surface area contributed by atoms with Crippen LogP contribution in [0, 0.1) is 0 Å². The SMILES string of the molecule is CC(=O)NN1PNPNP1Oc1ccccc1. The Morgan fingerprint density at radius 3 is 2.94 bits per heavy atom. The van der Waals surface area contributed by atoms with Crippen LogP contribution in [0.4, 0.5) is 0 Å². The lowest BCUT2D eigenvalue weighted by molar-refractivity contribution is -0.120. The van der Waals surface area contributed by atoms with E-state index in [0.29, 0.717) is 17.8 Å². The summed E-state index contributed by atoms with van der Waals surface area (Å²) in [4.78, 5) is 17.4. The first-order chi connectivity index (χ1) is 8.25. The maximum absolute atomic E-state index is 11.1. The van der Waals surface area contributed by atoms with Crippen molar-refractivity contribution >= 4 is 32.1 Å². The molecule has 1 amide bonds. The molecule has 0 spiro atoms. The van der Waals surface area contributed by atoms with E-state index in [2.05, 4.69) is 15.1 Å². The van der Waals surface area contributed by atoms with E-state index in [1.807, 2.05) is 30.3 Å². The third kappa shape index (κ3) is 4.11. The Morgan fingerprint density at radius 2 is 2.24 bits per heavy atom. The van der Waals surface area contributed by atoms with Gasteiger partial charge in [-0.05, 0) is 12.1 Å². The van der Waals surface area contributed by atoms with E-state index >= 15 is 0 Å². The highest BCUT2D eigenvalue weighted by molar-refractivity contribution is 7.71. The van der Waals surface area contributed by atoms with E-state index in [4.69, 9.17) is 4.52 Å². The van der Waals surface area contributed by atoms with E-state index in [1.54, 1.807) is 4.55 Å². The maximum atomic E-state index is 11.1. The Bertz CT molecular complexity index is 380. The molecule has 3 N–H and O–H groups in total. The summed E-state index contributed by atoms with van der Waals surface area (Å²) in [5.74, 6) is 0.688. The van der Waals surface area contributed by atoms with Gasteiger partial charge in [0.25, 0.3) is 8.45 Å². The first-order valence-electron chi connectivity index (χ1n) is 4.87. The summed E-state index contributed by atoms with van der Waals surface area (Å²) in [6, 6.07) is 9.56. The minimum Gasteiger partial charge on any atom is -0.443 e. The number of benzene rings is 1. The molecule has 0 aromatic heterocycles. The zero-order valence-corrected chi connectivity index (χ0v) is 12.0. The summed E-state index contributed by atoms with van der Waals surface area (Å²) in [5.41, 5.74) is 2.74. The fourth-order valence-corrected chi connectivity index (χ4v) is 5.69. The molecule has 0 radical (unpaired) electrons. The lowest BCUT2D eigenvalue weighted by Crippen LogP contribution is -2.38. The second kappa shape index (κ2) is 6.55. The largest absolute Gasteiger partial charge is 0.443 e. The van der Waals surface area contributed by atoms with Crippen molar-refractivity contribution in [1.29, 1.82) is 0 Å². The summed E-state index contributed by atoms with van der Waals surface area (Å²) in [5, 5.41) is 0. The lowest BCUT2D eigenvalue weighted by atomic mass is 10.3. The van der Waals surface area contributed by atoms with Crippen LogP contribution in [0.15, 0.2) is 30.3 Å². The van der Waals surface area contributed by atoms with Crippen molar-refractivity contribution in [3.05, 3.63) is 30.3 Å². The first-order valence-corrected chi connectivity index (χ1v) is 8.03. The highest BCUT2D eigenvalue weighted by Gasteiger charge is 2.26. The van der Waals surface area contributed by atoms with Crippen LogP contribution in [-0.2, 0) is 4.79 Å². The van der Waals surface area contributed by atoms with Crippen LogP contribution in [0.1, 0.15) is 6.92 Å². The third-order valence-corrected chi connectivity index (χ3v) is 5.93. The summed E-state index contributed by atoms with van der Waals surface area (Å²) >= 11 is 0. The topological polar surface area (TPSA) is 65.6 Å². The number of para-hydroxylation sites is 1. The molecule has 1 saturated heterocycles. The molecule has 1 aliphatic rings. The molecule has 3 unspecified atom stereocenters. The Labute approximate surface area is 105 Å². The van der Waals surface area contributed by atoms with Crippen LogP contribution in [0.5, 0.6) is 5.75 Å². The molecule has 1 aromatic rings. The van der Waals surface area contributed by atoms with Gasteiger partial charge < -0.3 is 4.52 Å². The zero-order chi connectivity index (χ0) is 12.1. The molecule has 0 bridgehead atoms. The minimum atomic E-state index is -1.03. The average molecular weight is 290 g/mol. The van der Waals surface area contributed by atoms with Crippen molar-refractivity contribution in [3.8, 4) is 5.75 Å². The van der Waals surface area contributed by atoms with Crippen LogP contribution in [-0.4, -0.2) is 10.5 Å². The number of rotatable bonds is 3. The number of nitrogens with one attached hydrogen (secondary N) is 3. The molecule has 6 nitrogen and oxygen atoms in total. The number of hydrazine groups is 1. The van der Waals surface area contributed by atoms with Gasteiger partial charge in [-0.15, -0.1) is 4.55 Å². The molecule has 0 aliphatic carbocycles. The van der Waals surface area contributed by atoms with Crippen molar-refractivity contribution in [1.82, 2.24) is 19.7 Å². The predicted molar refractivity (Wildman–Crippen MR) is 72.5 cm³/mol. The van der Waals surface area contributed by atoms with Gasteiger partial charge in [-0.1, -0.05) is 18.2 Å². The van der Waals surface area contributed by atoms with Crippen LogP contribution >= 0.6 is 26.2 Å². The van der Waals surface area contributed by atoms with Crippen LogP contribution in [0.2, 0.25) is 0 Å². The number of carbonyl (C=O) groups excluding carboxylic acids is 1. The van der Waals surface area contributed by atoms with E-state index in [0.717, 1.165) is 5.75 Å². The van der Waals surface area contributed by atoms with E-state index < -0.39 is 8.45 Å². The summed E-state index contributed by atoms with van der Waals surface area (Å²) in [6.45, 7) is 1.48. The van der Waals surface area contributed by atoms with Gasteiger partial charge in [0.2, 0.25) is 5.91 Å². The molecule has 3 atom stereocenters. The number of hydrogen-bond acceptors (Lipinski definition) is 5. The summed E-state index contributed by atoms with van der Waals surface area (Å²) in [7, 11) is -0.268. The third-order valence-electron chi connectivity index (χ3n) is 1.76. The molecule has 2 rings (SSSR count). The van der Waals surface area contributed by atoms with Crippen molar-refractivity contribution < 1.29 is 9.32 Å². The standard InChI is InChI=1S/C8H13N4O2P3/c1-7(13)9-12-16-10-15-11-17(12)14-8-5-3-2-4-6-8/h2-6,10-11,15-16H,1H3,(H,9,13). The molecule has 1 heterocycles. The van der Waals surface area contributed by atoms with Gasteiger partial charge in [-0.2, -0.15) is 0 Å². The molecule has 1 aromatic carbocycles. The predicted octanol–water partition coefficient (Wildman–Crippen LogP) is 1.86. The number of carbonyl (C=O) groups is 1. The van der Waals surface area contributed by atoms with Crippen molar-refractivity contribution in [2.75, 3.05) is 0 Å². The fraction of sp³-hybridized carbons (Fsp3) is 0.125. The second-order valence-corrected chi connectivity index (χ2v) is 7.45. The number of hydrogen-bond donors (Lipinski definition) is 3. The van der Waals surface area contributed by atoms with Crippen LogP contribution in [0.3, 0.4) is 0 Å². The van der Waals surface area contributed by atoms with E-state index in [1.165, 1.54) is 6.92 Å². The highest BCUT2D eigenvalue weighted by atomic mass is 31.2. The minimum absolute atomic E-state index is 0.101. The number of nitrogens with zero attached hydrogens (tertiary/aromatic N) is 1. The monoisotopic (exact) mass is 290 g/mol. The molecule has 17 heavy (non-hydrogen) atoms. The highest BCUT2D eigenvalue weighted by Crippen LogP contribution is 2.49. The lowest BCUT2D eigenvalue weighted by Gasteiger charge is -2.33. The molecule has 1 fully saturated rings. The van der Waals surface area contributed by atoms with Crippen LogP contribution < -0.4 is 19.7 Å². The van der Waals surface area contributed by atoms with Gasteiger partial charge in [-0.3, -0.25) is 15.1 Å². The summed E-state index contributed by atoms with van der Waals surface area (Å²) in [6.07, 6.45) is 0. The quantitative estimate of drug-likeness (QED) is 0.741. The molecular weight excluding hydrogens is 277 g/mol. The van der Waals surface area contributed by atoms with Gasteiger partial charge in [0.1, 0.15) is 5.75 Å². The van der Waals surface area contributed by atoms with Crippen molar-refractivity contribution in [2.24, 2.45) is 0 Å². The smallest absolute Gasteiger partial charge is 0.274 e. The molecule has 92 valence electrons. The second-order valence-electron chi connectivity index (χ2n) is 3.13. The average Bonchev–Trinajstić information content (AvgIpc) is 2.32. The fourth-order valence-electron chi connectivity index (χ4n) is 1.12. The molecule has 9 heteroatoms. The zero-order valence-electron chi connectivity index (χ0n) is 9.10. The number of amides is 1. The normalized spacial score (nSPS) is 23.7. The van der Waals surface area contributed by atoms with Crippen molar-refractivity contribution in [2.45, 2.75) is 6.92 Å². The van der Waals surface area contributed by atoms with Gasteiger partial charge in [0.15, 0.2) is 0 Å². The van der Waals surface area contributed by atoms with Gasteiger partial charge in [0, 0.05) is 15.8 Å². The van der Waals surface area contributed by atoms with Crippen molar-refractivity contribution in [3.63, 3.8) is 0 Å². The van der Waals surface area contributed by atoms with Gasteiger partial charge >= 0.3 is 0 Å². The maximum Gasteiger partial charge on any atom is 0.274 e. The van der Waals surface area contributed by atoms with Gasteiger partial charge in [0.05, 0.1) is 8.88 Å². The summed E-state index contributed by atoms with van der Waals surface area (Å²) < 4.78 is 7.57. The Morgan fingerprint density at radius 1 is 1.47 bits per heavy atom. The van der Waals surface area contributed by atoms with Gasteiger partial charge in [-0.25, -0.2) is 4.86 Å². The molecule has 1 aliphatic heterocycles. The Kier molecular flexibility index (Phi) is 5.05. The van der Waals surface area contributed by atoms with E-state index in [9.17, 15) is 4.79 Å². The Balaban J connectivity index is 1.99. The molecule has 0 saturated carbocycles.